The Kier molecular flexibility index (Phi) is 7.19. The van der Waals surface area contributed by atoms with Gasteiger partial charge in [-0.3, -0.25) is 19.4 Å². The normalized spacial score (nSPS) is 19.9. The third-order valence-corrected chi connectivity index (χ3v) is 6.43. The second-order valence-electron chi connectivity index (χ2n) is 8.83. The summed E-state index contributed by atoms with van der Waals surface area (Å²) in [6, 6.07) is 7.71. The molecule has 3 aliphatic rings. The second-order valence-corrected chi connectivity index (χ2v) is 8.83. The summed E-state index contributed by atoms with van der Waals surface area (Å²) in [5.41, 5.74) is 10.9. The third kappa shape index (κ3) is 4.24. The maximum atomic E-state index is 12.3. The highest BCUT2D eigenvalue weighted by Gasteiger charge is 2.41. The number of urea groups is 1. The third-order valence-electron chi connectivity index (χ3n) is 6.43. The van der Waals surface area contributed by atoms with Crippen LogP contribution in [0.25, 0.3) is 0 Å². The summed E-state index contributed by atoms with van der Waals surface area (Å²) >= 11 is 0. The highest BCUT2D eigenvalue weighted by molar-refractivity contribution is 14.0. The van der Waals surface area contributed by atoms with Gasteiger partial charge in [0.1, 0.15) is 5.57 Å². The lowest BCUT2D eigenvalue weighted by Gasteiger charge is -2.28. The van der Waals surface area contributed by atoms with Gasteiger partial charge in [-0.15, -0.1) is 24.0 Å². The highest BCUT2D eigenvalue weighted by Crippen LogP contribution is 2.49. The van der Waals surface area contributed by atoms with Crippen LogP contribution in [0.4, 0.5) is 10.5 Å². The molecule has 0 saturated carbocycles. The molecule has 1 fully saturated rings. The number of nitriles is 1. The molecule has 1 saturated heterocycles. The number of nitrogens with two attached hydrogens (primary N) is 1. The standard InChI is InChI=1S/C26H25N5O3.HI/c1-26(2)20-12-16(14-27)8-9-21(20)31-11-10-17(13-22(26)31)18(15-28)6-5-7-19-23(32)29(3)25(34)30(4)24(19)33;/h5-13H,14,27H2,1-4H3;1H. The largest absolute Gasteiger partial charge is 0.333 e. The first-order chi connectivity index (χ1) is 16.1. The lowest BCUT2D eigenvalue weighted by molar-refractivity contribution is -0.134. The zero-order chi connectivity index (χ0) is 24.8. The Morgan fingerprint density at radius 3 is 2.40 bits per heavy atom. The Morgan fingerprint density at radius 1 is 1.14 bits per heavy atom. The molecule has 8 nitrogen and oxygen atoms in total. The van der Waals surface area contributed by atoms with Gasteiger partial charge in [0.05, 0.1) is 11.6 Å². The summed E-state index contributed by atoms with van der Waals surface area (Å²) in [6.45, 7) is 4.73. The van der Waals surface area contributed by atoms with Gasteiger partial charge in [-0.25, -0.2) is 4.79 Å². The van der Waals surface area contributed by atoms with Gasteiger partial charge in [-0.1, -0.05) is 32.1 Å². The number of anilines is 1. The zero-order valence-corrected chi connectivity index (χ0v) is 22.2. The molecule has 4 rings (SSSR count). The SMILES string of the molecule is CN1C(=O)C(=CC=CC(C#N)=C2C=CN3C(=C2)C(C)(C)c2cc(CN)ccc23)C(=O)N(C)C1=O.I. The number of carbonyl (C=O) groups is 3. The molecule has 3 aliphatic heterocycles. The van der Waals surface area contributed by atoms with Crippen molar-refractivity contribution < 1.29 is 14.4 Å². The topological polar surface area (TPSA) is 111 Å². The van der Waals surface area contributed by atoms with Crippen LogP contribution in [0.15, 0.2) is 77.2 Å². The number of fused-ring (bicyclic) bond motifs is 3. The van der Waals surface area contributed by atoms with E-state index in [9.17, 15) is 19.6 Å². The lowest BCUT2D eigenvalue weighted by Crippen LogP contribution is -2.52. The number of hydrogen-bond acceptors (Lipinski definition) is 6. The molecular weight excluding hydrogens is 557 g/mol. The van der Waals surface area contributed by atoms with Crippen molar-refractivity contribution in [3.8, 4) is 6.07 Å². The summed E-state index contributed by atoms with van der Waals surface area (Å²) in [4.78, 5) is 40.4. The number of allylic oxidation sites excluding steroid dienone is 8. The van der Waals surface area contributed by atoms with Crippen molar-refractivity contribution in [2.24, 2.45) is 5.73 Å². The maximum Gasteiger partial charge on any atom is 0.333 e. The van der Waals surface area contributed by atoms with Crippen LogP contribution < -0.4 is 10.6 Å². The average Bonchev–Trinajstić information content (AvgIpc) is 3.07. The summed E-state index contributed by atoms with van der Waals surface area (Å²) in [5, 5.41) is 9.79. The Hall–Kier alpha value is -3.49. The molecule has 0 aromatic heterocycles. The van der Waals surface area contributed by atoms with E-state index in [1.807, 2.05) is 24.4 Å². The fraction of sp³-hybridized carbons (Fsp3) is 0.231. The average molecular weight is 583 g/mol. The molecule has 0 atom stereocenters. The summed E-state index contributed by atoms with van der Waals surface area (Å²) < 4.78 is 0. The zero-order valence-electron chi connectivity index (χ0n) is 19.9. The Bertz CT molecular complexity index is 1300. The van der Waals surface area contributed by atoms with Gasteiger partial charge < -0.3 is 10.6 Å². The Morgan fingerprint density at radius 2 is 1.80 bits per heavy atom. The van der Waals surface area contributed by atoms with Gasteiger partial charge in [0.2, 0.25) is 0 Å². The summed E-state index contributed by atoms with van der Waals surface area (Å²) in [7, 11) is 2.63. The van der Waals surface area contributed by atoms with Crippen molar-refractivity contribution in [3.63, 3.8) is 0 Å². The minimum absolute atomic E-state index is 0. The predicted molar refractivity (Wildman–Crippen MR) is 143 cm³/mol. The molecule has 180 valence electrons. The molecule has 4 amide bonds. The summed E-state index contributed by atoms with van der Waals surface area (Å²) in [5.74, 6) is -1.36. The molecular formula is C26H26IN5O3. The van der Waals surface area contributed by atoms with E-state index >= 15 is 0 Å². The molecule has 1 aromatic rings. The number of carbonyl (C=O) groups excluding carboxylic acids is 3. The number of imide groups is 2. The van der Waals surface area contributed by atoms with Crippen LogP contribution in [0.1, 0.15) is 25.0 Å². The number of barbiturate groups is 1. The second kappa shape index (κ2) is 9.64. The van der Waals surface area contributed by atoms with E-state index < -0.39 is 17.8 Å². The van der Waals surface area contributed by atoms with Crippen LogP contribution in [-0.2, 0) is 21.5 Å². The van der Waals surface area contributed by atoms with Crippen molar-refractivity contribution in [1.29, 1.82) is 5.26 Å². The number of nitrogens with zero attached hydrogens (tertiary/aromatic N) is 4. The van der Waals surface area contributed by atoms with Gasteiger partial charge in [0.15, 0.2) is 0 Å². The van der Waals surface area contributed by atoms with Crippen LogP contribution in [0.5, 0.6) is 0 Å². The number of amides is 4. The molecule has 9 heteroatoms. The smallest absolute Gasteiger partial charge is 0.326 e. The van der Waals surface area contributed by atoms with E-state index in [-0.39, 0.29) is 35.0 Å². The molecule has 0 aliphatic carbocycles. The fourth-order valence-corrected chi connectivity index (χ4v) is 4.35. The minimum Gasteiger partial charge on any atom is -0.326 e. The van der Waals surface area contributed by atoms with Crippen LogP contribution in [0.2, 0.25) is 0 Å². The van der Waals surface area contributed by atoms with E-state index in [2.05, 4.69) is 36.9 Å². The van der Waals surface area contributed by atoms with Crippen LogP contribution in [0, 0.1) is 11.3 Å². The van der Waals surface area contributed by atoms with Crippen molar-refractivity contribution in [3.05, 3.63) is 88.3 Å². The molecule has 0 unspecified atom stereocenters. The molecule has 0 bridgehead atoms. The first-order valence-corrected chi connectivity index (χ1v) is 10.8. The molecule has 1 aromatic carbocycles. The molecule has 35 heavy (non-hydrogen) atoms. The number of benzene rings is 1. The van der Waals surface area contributed by atoms with E-state index in [0.29, 0.717) is 17.7 Å². The van der Waals surface area contributed by atoms with Crippen molar-refractivity contribution >= 4 is 47.5 Å². The van der Waals surface area contributed by atoms with Crippen molar-refractivity contribution in [2.45, 2.75) is 25.8 Å². The Balaban J connectivity index is 0.00000342. The fourth-order valence-electron chi connectivity index (χ4n) is 4.35. The predicted octanol–water partition coefficient (Wildman–Crippen LogP) is 3.63. The molecule has 0 radical (unpaired) electrons. The first kappa shape index (κ1) is 26.1. The Labute approximate surface area is 221 Å². The number of hydrogen-bond donors (Lipinski definition) is 1. The van der Waals surface area contributed by atoms with Crippen LogP contribution >= 0.6 is 24.0 Å². The maximum absolute atomic E-state index is 12.3. The quantitative estimate of drug-likeness (QED) is 0.252. The monoisotopic (exact) mass is 583 g/mol. The first-order valence-electron chi connectivity index (χ1n) is 10.8. The molecule has 3 heterocycles. The van der Waals surface area contributed by atoms with Crippen molar-refractivity contribution in [1.82, 2.24) is 9.80 Å². The molecule has 0 spiro atoms. The number of rotatable bonds is 3. The van der Waals surface area contributed by atoms with E-state index in [0.717, 1.165) is 26.7 Å². The van der Waals surface area contributed by atoms with Crippen molar-refractivity contribution in [2.75, 3.05) is 19.0 Å². The van der Waals surface area contributed by atoms with Gasteiger partial charge in [-0.2, -0.15) is 5.26 Å². The van der Waals surface area contributed by atoms with E-state index in [1.165, 1.54) is 31.8 Å². The highest BCUT2D eigenvalue weighted by atomic mass is 127. The van der Waals surface area contributed by atoms with Crippen LogP contribution in [-0.4, -0.2) is 41.7 Å². The molecule has 2 N–H and O–H groups in total. The van der Waals surface area contributed by atoms with E-state index in [4.69, 9.17) is 5.73 Å². The lowest BCUT2D eigenvalue weighted by atomic mass is 9.82. The van der Waals surface area contributed by atoms with E-state index in [1.54, 1.807) is 6.08 Å². The van der Waals surface area contributed by atoms with Gasteiger partial charge >= 0.3 is 6.03 Å². The summed E-state index contributed by atoms with van der Waals surface area (Å²) in [6.07, 6.45) is 10.1. The van der Waals surface area contributed by atoms with Gasteiger partial charge in [0.25, 0.3) is 11.8 Å². The number of likely N-dealkylation sites (N-methyl/N-ethyl adjacent to an activating group) is 2. The van der Waals surface area contributed by atoms with Gasteiger partial charge in [-0.05, 0) is 47.1 Å². The number of halogens is 1. The minimum atomic E-state index is -0.682. The van der Waals surface area contributed by atoms with Gasteiger partial charge in [0, 0.05) is 43.6 Å². The van der Waals surface area contributed by atoms with Crippen LogP contribution in [0.3, 0.4) is 0 Å².